The summed E-state index contributed by atoms with van der Waals surface area (Å²) in [6.45, 7) is 28.5. The predicted octanol–water partition coefficient (Wildman–Crippen LogP) is 4.39. The van der Waals surface area contributed by atoms with Gasteiger partial charge >= 0.3 is 5.97 Å². The fourth-order valence-corrected chi connectivity index (χ4v) is 11.5. The van der Waals surface area contributed by atoms with Crippen LogP contribution in [0.3, 0.4) is 0 Å². The Morgan fingerprint density at radius 3 is 2.16 bits per heavy atom. The van der Waals surface area contributed by atoms with Crippen LogP contribution in [-0.2, 0) is 38.0 Å². The first-order valence-corrected chi connectivity index (χ1v) is 23.8. The first kappa shape index (κ1) is 53.6. The second-order valence-corrected chi connectivity index (χ2v) is 20.5. The number of rotatable bonds is 14. The molecule has 0 aromatic heterocycles. The average molecular weight is 888 g/mol. The van der Waals surface area contributed by atoms with E-state index in [9.17, 15) is 25.2 Å². The van der Waals surface area contributed by atoms with E-state index in [1.807, 2.05) is 39.8 Å². The van der Waals surface area contributed by atoms with Crippen molar-refractivity contribution in [1.82, 2.24) is 14.7 Å². The second-order valence-electron chi connectivity index (χ2n) is 20.5. The van der Waals surface area contributed by atoms with Gasteiger partial charge in [-0.1, -0.05) is 41.5 Å². The second kappa shape index (κ2) is 22.2. The topological polar surface area (TPSA) is 172 Å². The SMILES string of the molecule is CCC1OC(=O)[C@H](C)C(O[C@H]2C[C@@](C)(OC)[C@@H](O)[C@H](C)O2)[C@H](C)[C@@H](O[C@@H]2O[C@H](C)C[C@H](N(C)C)[C@H]2O)[C@](C)(O)C[C@@H](C)[C@H]2[C@H](C)[C@@H](OCN2C(C)CCCN(CC)CC)[C@]1(C)O. The Bertz CT molecular complexity index is 1390. The van der Waals surface area contributed by atoms with Crippen LogP contribution >= 0.6 is 0 Å². The molecule has 0 saturated carbocycles. The fraction of sp³-hybridized carbons (Fsp3) is 0.979. The Kier molecular flexibility index (Phi) is 19.1. The number of fused-ring (bicyclic) bond motifs is 2. The van der Waals surface area contributed by atoms with Crippen LogP contribution in [0, 0.1) is 23.7 Å². The summed E-state index contributed by atoms with van der Waals surface area (Å²) in [5.74, 6) is -2.70. The summed E-state index contributed by atoms with van der Waals surface area (Å²) in [5.41, 5.74) is -4.16. The first-order chi connectivity index (χ1) is 28.9. The van der Waals surface area contributed by atoms with Crippen LogP contribution in [0.1, 0.15) is 129 Å². The van der Waals surface area contributed by atoms with Crippen LogP contribution in [0.25, 0.3) is 0 Å². The lowest BCUT2D eigenvalue weighted by molar-refractivity contribution is -0.319. The zero-order valence-corrected chi connectivity index (χ0v) is 41.3. The third kappa shape index (κ3) is 11.9. The van der Waals surface area contributed by atoms with E-state index in [1.54, 1.807) is 34.6 Å². The Labute approximate surface area is 374 Å². The first-order valence-electron chi connectivity index (χ1n) is 23.8. The Balaban J connectivity index is 1.85. The lowest BCUT2D eigenvalue weighted by Crippen LogP contribution is -2.66. The zero-order chi connectivity index (χ0) is 46.6. The lowest BCUT2D eigenvalue weighted by Gasteiger charge is -2.54. The number of nitrogens with zero attached hydrogens (tertiary/aromatic N) is 3. The number of aliphatic hydroxyl groups is 4. The van der Waals surface area contributed by atoms with Crippen LogP contribution < -0.4 is 0 Å². The van der Waals surface area contributed by atoms with E-state index in [2.05, 4.69) is 44.4 Å². The van der Waals surface area contributed by atoms with Gasteiger partial charge in [-0.25, -0.2) is 0 Å². The molecule has 4 aliphatic heterocycles. The summed E-state index contributed by atoms with van der Waals surface area (Å²) in [6.07, 6.45) is -5.28. The molecule has 4 saturated heterocycles. The largest absolute Gasteiger partial charge is 0.459 e. The highest BCUT2D eigenvalue weighted by Gasteiger charge is 2.56. The predicted molar refractivity (Wildman–Crippen MR) is 237 cm³/mol. The van der Waals surface area contributed by atoms with Gasteiger partial charge in [-0.15, -0.1) is 0 Å². The molecule has 4 rings (SSSR count). The van der Waals surface area contributed by atoms with Gasteiger partial charge in [0.05, 0.1) is 47.6 Å². The number of ether oxygens (including phenoxy) is 7. The third-order valence-corrected chi connectivity index (χ3v) is 15.3. The maximum Gasteiger partial charge on any atom is 0.311 e. The van der Waals surface area contributed by atoms with E-state index in [-0.39, 0.29) is 55.6 Å². The summed E-state index contributed by atoms with van der Waals surface area (Å²) in [6, 6.07) is -0.296. The fourth-order valence-electron chi connectivity index (χ4n) is 11.5. The van der Waals surface area contributed by atoms with Gasteiger partial charge in [0.15, 0.2) is 12.6 Å². The maximum atomic E-state index is 14.6. The quantitative estimate of drug-likeness (QED) is 0.181. The van der Waals surface area contributed by atoms with Gasteiger partial charge in [0.25, 0.3) is 0 Å². The molecule has 0 amide bonds. The van der Waals surface area contributed by atoms with E-state index < -0.39 is 89.9 Å². The monoisotopic (exact) mass is 888 g/mol. The summed E-state index contributed by atoms with van der Waals surface area (Å²) < 4.78 is 45.2. The summed E-state index contributed by atoms with van der Waals surface area (Å²) in [7, 11) is 5.36. The number of carbonyl (C=O) groups excluding carboxylic acids is 1. The van der Waals surface area contributed by atoms with Crippen molar-refractivity contribution in [3.05, 3.63) is 0 Å². The molecule has 0 spiro atoms. The molecule has 4 N–H and O–H groups in total. The van der Waals surface area contributed by atoms with E-state index in [4.69, 9.17) is 33.2 Å². The van der Waals surface area contributed by atoms with Crippen LogP contribution in [0.4, 0.5) is 0 Å². The summed E-state index contributed by atoms with van der Waals surface area (Å²) >= 11 is 0. The zero-order valence-electron chi connectivity index (χ0n) is 41.3. The van der Waals surface area contributed by atoms with Gasteiger partial charge in [0.1, 0.15) is 30.6 Å². The molecule has 0 aromatic rings. The van der Waals surface area contributed by atoms with Crippen LogP contribution in [0.5, 0.6) is 0 Å². The van der Waals surface area contributed by atoms with Gasteiger partial charge < -0.3 is 63.4 Å². The molecule has 15 heteroatoms. The van der Waals surface area contributed by atoms with Crippen LogP contribution in [-0.4, -0.2) is 185 Å². The number of methoxy groups -OCH3 is 1. The number of esters is 1. The van der Waals surface area contributed by atoms with Crippen molar-refractivity contribution >= 4 is 5.97 Å². The minimum absolute atomic E-state index is 0.129. The molecule has 4 aliphatic rings. The standard InChI is InChI=1S/C47H89N3O12/c1-17-35-47(13,55)42-30(7)37(50(26-57-42)28(5)21-20-22-49(18-2)19-3)27(4)24-45(11,54)41(62-44-38(51)34(48(14)15)23-29(6)58-44)31(8)39(32(9)43(53)60-35)61-36-25-46(12,56-16)40(52)33(10)59-36/h27-42,44,51-52,54-55H,17-26H2,1-16H3/t27-,28?,29-,30+,31+,32-,33+,34+,35?,36+,37+,38-,39?,40+,41-,42-,44+,45-,46-,47-/m1/s1. The molecule has 62 heavy (non-hydrogen) atoms. The van der Waals surface area contributed by atoms with E-state index in [1.165, 1.54) is 7.11 Å². The molecule has 0 aliphatic carbocycles. The molecule has 4 fully saturated rings. The Morgan fingerprint density at radius 2 is 1.58 bits per heavy atom. The van der Waals surface area contributed by atoms with E-state index in [0.717, 1.165) is 32.5 Å². The summed E-state index contributed by atoms with van der Waals surface area (Å²) in [4.78, 5) is 21.4. The number of aliphatic hydroxyl groups excluding tert-OH is 2. The van der Waals surface area contributed by atoms with Crippen molar-refractivity contribution < 1.29 is 58.4 Å². The number of cyclic esters (lactones) is 1. The molecule has 20 atom stereocenters. The third-order valence-electron chi connectivity index (χ3n) is 15.3. The van der Waals surface area contributed by atoms with E-state index >= 15 is 0 Å². The van der Waals surface area contributed by atoms with Crippen molar-refractivity contribution in [2.24, 2.45) is 23.7 Å². The molecular formula is C47H89N3O12. The number of hydrogen-bond acceptors (Lipinski definition) is 15. The molecule has 364 valence electrons. The van der Waals surface area contributed by atoms with E-state index in [0.29, 0.717) is 12.8 Å². The molecule has 2 bridgehead atoms. The summed E-state index contributed by atoms with van der Waals surface area (Å²) in [5, 5.41) is 48.5. The molecule has 0 aromatic carbocycles. The molecule has 0 radical (unpaired) electrons. The van der Waals surface area contributed by atoms with Crippen molar-refractivity contribution in [2.75, 3.05) is 47.6 Å². The average Bonchev–Trinajstić information content (AvgIpc) is 3.20. The molecule has 3 unspecified atom stereocenters. The highest BCUT2D eigenvalue weighted by molar-refractivity contribution is 5.73. The molecule has 4 heterocycles. The van der Waals surface area contributed by atoms with Crippen molar-refractivity contribution in [3.8, 4) is 0 Å². The van der Waals surface area contributed by atoms with Crippen molar-refractivity contribution in [3.63, 3.8) is 0 Å². The highest BCUT2D eigenvalue weighted by Crippen LogP contribution is 2.44. The van der Waals surface area contributed by atoms with Crippen molar-refractivity contribution in [1.29, 1.82) is 0 Å². The van der Waals surface area contributed by atoms with Gasteiger partial charge in [-0.05, 0) is 120 Å². The van der Waals surface area contributed by atoms with Crippen LogP contribution in [0.2, 0.25) is 0 Å². The van der Waals surface area contributed by atoms with Gasteiger partial charge in [-0.3, -0.25) is 9.69 Å². The van der Waals surface area contributed by atoms with Gasteiger partial charge in [0.2, 0.25) is 0 Å². The minimum atomic E-state index is -1.58. The number of hydrogen-bond donors (Lipinski definition) is 4. The van der Waals surface area contributed by atoms with Gasteiger partial charge in [0, 0.05) is 43.5 Å². The number of carbonyl (C=O) groups is 1. The van der Waals surface area contributed by atoms with Crippen LogP contribution in [0.15, 0.2) is 0 Å². The normalized spacial score (nSPS) is 46.1. The smallest absolute Gasteiger partial charge is 0.311 e. The molecular weight excluding hydrogens is 799 g/mol. The minimum Gasteiger partial charge on any atom is -0.459 e. The lowest BCUT2D eigenvalue weighted by atomic mass is 9.71. The van der Waals surface area contributed by atoms with Gasteiger partial charge in [-0.2, -0.15) is 0 Å². The molecule has 15 nitrogen and oxygen atoms in total. The number of likely N-dealkylation sites (N-methyl/N-ethyl adjacent to an activating group) is 1. The Morgan fingerprint density at radius 1 is 0.935 bits per heavy atom. The van der Waals surface area contributed by atoms with Crippen molar-refractivity contribution in [2.45, 2.75) is 225 Å². The Hall–Kier alpha value is -1.05. The highest BCUT2D eigenvalue weighted by atomic mass is 16.7. The maximum absolute atomic E-state index is 14.6.